The summed E-state index contributed by atoms with van der Waals surface area (Å²) in [7, 11) is 0. The molecule has 1 saturated heterocycles. The molecule has 2 N–H and O–H groups in total. The first-order valence-corrected chi connectivity index (χ1v) is 8.46. The summed E-state index contributed by atoms with van der Waals surface area (Å²) in [5.41, 5.74) is 2.04. The Morgan fingerprint density at radius 3 is 2.61 bits per heavy atom. The first-order valence-electron chi connectivity index (χ1n) is 8.46. The van der Waals surface area contributed by atoms with E-state index >= 15 is 0 Å². The van der Waals surface area contributed by atoms with Gasteiger partial charge in [0, 0.05) is 36.5 Å². The molecule has 0 unspecified atom stereocenters. The number of nitrogens with zero attached hydrogens (tertiary/aromatic N) is 3. The van der Waals surface area contributed by atoms with Gasteiger partial charge in [0.25, 0.3) is 0 Å². The molecule has 2 aromatic heterocycles. The molecule has 23 heavy (non-hydrogen) atoms. The molecule has 1 fully saturated rings. The van der Waals surface area contributed by atoms with Gasteiger partial charge in [-0.1, -0.05) is 13.8 Å². The standard InChI is InChI=1S/C18H25N5/c1-13(2)18-22-16(15-5-9-20-10-6-15)11-17(23-18)21-12-14-3-7-19-8-4-14/h5-6,9-11,13-14,19H,3-4,7-8,12H2,1-2H3,(H,21,22,23). The Kier molecular flexibility index (Phi) is 5.18. The van der Waals surface area contributed by atoms with E-state index in [0.29, 0.717) is 5.92 Å². The Labute approximate surface area is 138 Å². The largest absolute Gasteiger partial charge is 0.370 e. The van der Waals surface area contributed by atoms with Gasteiger partial charge in [-0.15, -0.1) is 0 Å². The van der Waals surface area contributed by atoms with E-state index < -0.39 is 0 Å². The Morgan fingerprint density at radius 1 is 1.17 bits per heavy atom. The number of piperidine rings is 1. The molecule has 3 heterocycles. The van der Waals surface area contributed by atoms with Crippen molar-refractivity contribution in [1.29, 1.82) is 0 Å². The van der Waals surface area contributed by atoms with Crippen LogP contribution in [0, 0.1) is 5.92 Å². The minimum atomic E-state index is 0.302. The summed E-state index contributed by atoms with van der Waals surface area (Å²) in [6, 6.07) is 6.02. The van der Waals surface area contributed by atoms with Crippen LogP contribution >= 0.6 is 0 Å². The van der Waals surface area contributed by atoms with Crippen molar-refractivity contribution in [3.63, 3.8) is 0 Å². The number of hydrogen-bond donors (Lipinski definition) is 2. The molecule has 0 amide bonds. The third kappa shape index (κ3) is 4.26. The first kappa shape index (κ1) is 15.9. The summed E-state index contributed by atoms with van der Waals surface area (Å²) in [5.74, 6) is 2.83. The Balaban J connectivity index is 1.79. The van der Waals surface area contributed by atoms with Crippen molar-refractivity contribution in [3.8, 4) is 11.3 Å². The number of aromatic nitrogens is 3. The van der Waals surface area contributed by atoms with E-state index in [1.54, 1.807) is 12.4 Å². The van der Waals surface area contributed by atoms with Crippen LogP contribution in [0.3, 0.4) is 0 Å². The normalized spacial score (nSPS) is 15.8. The third-order valence-corrected chi connectivity index (χ3v) is 4.27. The molecule has 5 heteroatoms. The lowest BCUT2D eigenvalue weighted by atomic mass is 9.98. The van der Waals surface area contributed by atoms with Gasteiger partial charge in [0.2, 0.25) is 0 Å². The molecule has 1 aliphatic rings. The zero-order chi connectivity index (χ0) is 16.1. The highest BCUT2D eigenvalue weighted by Crippen LogP contribution is 2.22. The molecule has 0 aromatic carbocycles. The van der Waals surface area contributed by atoms with Gasteiger partial charge in [-0.05, 0) is 44.0 Å². The van der Waals surface area contributed by atoms with Crippen molar-refractivity contribution in [3.05, 3.63) is 36.4 Å². The highest BCUT2D eigenvalue weighted by atomic mass is 15.0. The maximum atomic E-state index is 4.71. The van der Waals surface area contributed by atoms with E-state index in [2.05, 4.69) is 34.4 Å². The van der Waals surface area contributed by atoms with Crippen LogP contribution in [0.2, 0.25) is 0 Å². The minimum Gasteiger partial charge on any atom is -0.370 e. The Bertz CT molecular complexity index is 621. The van der Waals surface area contributed by atoms with E-state index in [4.69, 9.17) is 4.98 Å². The van der Waals surface area contributed by atoms with Gasteiger partial charge < -0.3 is 10.6 Å². The topological polar surface area (TPSA) is 62.7 Å². The number of pyridine rings is 1. The fraction of sp³-hybridized carbons (Fsp3) is 0.500. The smallest absolute Gasteiger partial charge is 0.133 e. The Hall–Kier alpha value is -2.01. The molecule has 0 bridgehead atoms. The number of rotatable bonds is 5. The molecule has 122 valence electrons. The van der Waals surface area contributed by atoms with Crippen molar-refractivity contribution in [2.45, 2.75) is 32.6 Å². The summed E-state index contributed by atoms with van der Waals surface area (Å²) in [4.78, 5) is 13.5. The third-order valence-electron chi connectivity index (χ3n) is 4.27. The highest BCUT2D eigenvalue weighted by Gasteiger charge is 2.14. The fourth-order valence-electron chi connectivity index (χ4n) is 2.82. The van der Waals surface area contributed by atoms with Crippen LogP contribution in [0.4, 0.5) is 5.82 Å². The lowest BCUT2D eigenvalue weighted by Crippen LogP contribution is -2.31. The van der Waals surface area contributed by atoms with Crippen LogP contribution < -0.4 is 10.6 Å². The molecule has 2 aromatic rings. The van der Waals surface area contributed by atoms with E-state index in [0.717, 1.165) is 48.5 Å². The monoisotopic (exact) mass is 311 g/mol. The zero-order valence-corrected chi connectivity index (χ0v) is 13.9. The Morgan fingerprint density at radius 2 is 1.91 bits per heavy atom. The second-order valence-electron chi connectivity index (χ2n) is 6.46. The average molecular weight is 311 g/mol. The number of hydrogen-bond acceptors (Lipinski definition) is 5. The summed E-state index contributed by atoms with van der Waals surface area (Å²) < 4.78 is 0. The van der Waals surface area contributed by atoms with Gasteiger partial charge in [-0.3, -0.25) is 4.98 Å². The lowest BCUT2D eigenvalue weighted by molar-refractivity contribution is 0.389. The van der Waals surface area contributed by atoms with E-state index in [1.807, 2.05) is 18.2 Å². The van der Waals surface area contributed by atoms with E-state index in [9.17, 15) is 0 Å². The molecule has 3 rings (SSSR count). The zero-order valence-electron chi connectivity index (χ0n) is 13.9. The van der Waals surface area contributed by atoms with Gasteiger partial charge in [-0.2, -0.15) is 0 Å². The molecule has 5 nitrogen and oxygen atoms in total. The van der Waals surface area contributed by atoms with Crippen LogP contribution in [-0.2, 0) is 0 Å². The van der Waals surface area contributed by atoms with E-state index in [1.165, 1.54) is 12.8 Å². The van der Waals surface area contributed by atoms with Crippen LogP contribution in [0.1, 0.15) is 38.4 Å². The van der Waals surface area contributed by atoms with Crippen LogP contribution in [0.15, 0.2) is 30.6 Å². The number of anilines is 1. The minimum absolute atomic E-state index is 0.302. The van der Waals surface area contributed by atoms with Crippen molar-refractivity contribution in [2.75, 3.05) is 25.0 Å². The molecule has 0 saturated carbocycles. The lowest BCUT2D eigenvalue weighted by Gasteiger charge is -2.23. The molecular formula is C18H25N5. The number of nitrogens with one attached hydrogen (secondary N) is 2. The van der Waals surface area contributed by atoms with Crippen LogP contribution in [-0.4, -0.2) is 34.6 Å². The molecule has 0 atom stereocenters. The quantitative estimate of drug-likeness (QED) is 0.888. The van der Waals surface area contributed by atoms with Crippen LogP contribution in [0.25, 0.3) is 11.3 Å². The molecule has 0 aliphatic carbocycles. The summed E-state index contributed by atoms with van der Waals surface area (Å²) in [6.45, 7) is 7.47. The first-order chi connectivity index (χ1) is 11.2. The predicted molar refractivity (Wildman–Crippen MR) is 93.4 cm³/mol. The summed E-state index contributed by atoms with van der Waals surface area (Å²) >= 11 is 0. The second-order valence-corrected chi connectivity index (χ2v) is 6.46. The second kappa shape index (κ2) is 7.51. The van der Waals surface area contributed by atoms with Gasteiger partial charge in [0.15, 0.2) is 0 Å². The van der Waals surface area contributed by atoms with Gasteiger partial charge >= 0.3 is 0 Å². The van der Waals surface area contributed by atoms with Crippen molar-refractivity contribution >= 4 is 5.82 Å². The summed E-state index contributed by atoms with van der Waals surface area (Å²) in [5, 5.41) is 6.93. The van der Waals surface area contributed by atoms with Gasteiger partial charge in [0.1, 0.15) is 11.6 Å². The summed E-state index contributed by atoms with van der Waals surface area (Å²) in [6.07, 6.45) is 6.06. The highest BCUT2D eigenvalue weighted by molar-refractivity contribution is 5.62. The van der Waals surface area contributed by atoms with Crippen LogP contribution in [0.5, 0.6) is 0 Å². The van der Waals surface area contributed by atoms with Crippen molar-refractivity contribution < 1.29 is 0 Å². The van der Waals surface area contributed by atoms with Crippen molar-refractivity contribution in [1.82, 2.24) is 20.3 Å². The molecule has 0 radical (unpaired) electrons. The van der Waals surface area contributed by atoms with Gasteiger partial charge in [0.05, 0.1) is 5.69 Å². The SMILES string of the molecule is CC(C)c1nc(NCC2CCNCC2)cc(-c2ccncc2)n1. The fourth-order valence-corrected chi connectivity index (χ4v) is 2.82. The van der Waals surface area contributed by atoms with Gasteiger partial charge in [-0.25, -0.2) is 9.97 Å². The molecule has 1 aliphatic heterocycles. The predicted octanol–water partition coefficient (Wildman–Crippen LogP) is 3.07. The van der Waals surface area contributed by atoms with Crippen molar-refractivity contribution in [2.24, 2.45) is 5.92 Å². The maximum Gasteiger partial charge on any atom is 0.133 e. The molecule has 0 spiro atoms. The van der Waals surface area contributed by atoms with E-state index in [-0.39, 0.29) is 0 Å². The average Bonchev–Trinajstić information content (AvgIpc) is 2.61. The maximum absolute atomic E-state index is 4.71. The molecular weight excluding hydrogens is 286 g/mol.